The molecule has 0 spiro atoms. The van der Waals surface area contributed by atoms with Crippen LogP contribution in [0.4, 0.5) is 5.82 Å². The van der Waals surface area contributed by atoms with Crippen LogP contribution in [0, 0.1) is 5.92 Å². The second-order valence-corrected chi connectivity index (χ2v) is 4.92. The molecule has 0 aromatic carbocycles. The summed E-state index contributed by atoms with van der Waals surface area (Å²) in [5.41, 5.74) is 5.57. The first-order chi connectivity index (χ1) is 8.15. The molecule has 0 bridgehead atoms. The van der Waals surface area contributed by atoms with Crippen molar-refractivity contribution in [1.29, 1.82) is 0 Å². The molecule has 1 fully saturated rings. The maximum atomic E-state index is 9.53. The first kappa shape index (κ1) is 12.4. The molecule has 1 aromatic heterocycles. The second-order valence-electron chi connectivity index (χ2n) is 4.92. The van der Waals surface area contributed by atoms with E-state index in [1.165, 1.54) is 0 Å². The first-order valence-electron chi connectivity index (χ1n) is 6.34. The molecule has 3 N–H and O–H groups in total. The Morgan fingerprint density at radius 2 is 2.18 bits per heavy atom. The predicted molar refractivity (Wildman–Crippen MR) is 67.5 cm³/mol. The van der Waals surface area contributed by atoms with Crippen molar-refractivity contribution in [3.63, 3.8) is 0 Å². The molecule has 1 saturated heterocycles. The van der Waals surface area contributed by atoms with Crippen molar-refractivity contribution in [2.75, 3.05) is 25.4 Å². The summed E-state index contributed by atoms with van der Waals surface area (Å²) in [5.74, 6) is 1.06. The molecule has 0 saturated carbocycles. The summed E-state index contributed by atoms with van der Waals surface area (Å²) >= 11 is 0. The quantitative estimate of drug-likeness (QED) is 0.804. The van der Waals surface area contributed by atoms with Gasteiger partial charge in [0.25, 0.3) is 0 Å². The molecular weight excluding hydrogens is 216 g/mol. The number of nitrogen functional groups attached to an aromatic ring is 1. The van der Waals surface area contributed by atoms with Gasteiger partial charge in [0.1, 0.15) is 5.82 Å². The van der Waals surface area contributed by atoms with Gasteiger partial charge in [-0.15, -0.1) is 0 Å². The maximum Gasteiger partial charge on any atom is 0.145 e. The molecule has 5 heteroatoms. The number of aromatic nitrogens is 2. The average Bonchev–Trinajstić information content (AvgIpc) is 2.73. The number of hydrogen-bond acceptors (Lipinski definition) is 4. The second kappa shape index (κ2) is 5.51. The van der Waals surface area contributed by atoms with Crippen LogP contribution in [-0.4, -0.2) is 45.5 Å². The summed E-state index contributed by atoms with van der Waals surface area (Å²) in [6.45, 7) is 5.94. The van der Waals surface area contributed by atoms with Crippen LogP contribution in [0.5, 0.6) is 0 Å². The standard InChI is InChI=1S/C12H22N4O/c1-10(17)11-2-5-15(6-3-11)8-9-16-7-4-12(13)14-16/h4,7,10-11,17H,2-3,5-6,8-9H2,1H3,(H2,13,14). The fourth-order valence-electron chi connectivity index (χ4n) is 2.40. The molecule has 5 nitrogen and oxygen atoms in total. The molecule has 1 atom stereocenters. The molecule has 0 radical (unpaired) electrons. The lowest BCUT2D eigenvalue weighted by molar-refractivity contribution is 0.0705. The predicted octanol–water partition coefficient (Wildman–Crippen LogP) is 0.558. The summed E-state index contributed by atoms with van der Waals surface area (Å²) < 4.78 is 1.89. The number of likely N-dealkylation sites (tertiary alicyclic amines) is 1. The number of nitrogens with zero attached hydrogens (tertiary/aromatic N) is 3. The van der Waals surface area contributed by atoms with Crippen LogP contribution < -0.4 is 5.73 Å². The van der Waals surface area contributed by atoms with Gasteiger partial charge in [-0.25, -0.2) is 0 Å². The van der Waals surface area contributed by atoms with Gasteiger partial charge < -0.3 is 15.7 Å². The molecule has 96 valence electrons. The Hall–Kier alpha value is -1.07. The number of hydrogen-bond donors (Lipinski definition) is 2. The summed E-state index contributed by atoms with van der Waals surface area (Å²) in [5, 5.41) is 13.7. The Kier molecular flexibility index (Phi) is 4.02. The number of piperidine rings is 1. The summed E-state index contributed by atoms with van der Waals surface area (Å²) in [6, 6.07) is 1.82. The van der Waals surface area contributed by atoms with E-state index in [1.54, 1.807) is 0 Å². The number of aliphatic hydroxyl groups is 1. The highest BCUT2D eigenvalue weighted by Crippen LogP contribution is 2.20. The van der Waals surface area contributed by atoms with Crippen molar-refractivity contribution in [3.05, 3.63) is 12.3 Å². The van der Waals surface area contributed by atoms with Crippen LogP contribution in [-0.2, 0) is 6.54 Å². The Labute approximate surface area is 102 Å². The Bertz CT molecular complexity index is 342. The minimum Gasteiger partial charge on any atom is -0.393 e. The molecule has 1 unspecified atom stereocenters. The Balaban J connectivity index is 1.71. The highest BCUT2D eigenvalue weighted by atomic mass is 16.3. The van der Waals surface area contributed by atoms with Crippen LogP contribution in [0.25, 0.3) is 0 Å². The van der Waals surface area contributed by atoms with E-state index in [0.717, 1.165) is 39.0 Å². The van der Waals surface area contributed by atoms with E-state index in [4.69, 9.17) is 5.73 Å². The largest absolute Gasteiger partial charge is 0.393 e. The van der Waals surface area contributed by atoms with E-state index in [2.05, 4.69) is 10.00 Å². The van der Waals surface area contributed by atoms with E-state index in [0.29, 0.717) is 11.7 Å². The van der Waals surface area contributed by atoms with Gasteiger partial charge in [-0.2, -0.15) is 5.10 Å². The van der Waals surface area contributed by atoms with Gasteiger partial charge in [-0.05, 0) is 44.8 Å². The van der Waals surface area contributed by atoms with Gasteiger partial charge in [0.2, 0.25) is 0 Å². The topological polar surface area (TPSA) is 67.3 Å². The van der Waals surface area contributed by atoms with Crippen molar-refractivity contribution >= 4 is 5.82 Å². The normalized spacial score (nSPS) is 20.6. The van der Waals surface area contributed by atoms with Gasteiger partial charge in [0, 0.05) is 12.7 Å². The molecule has 2 heterocycles. The van der Waals surface area contributed by atoms with E-state index in [-0.39, 0.29) is 6.10 Å². The zero-order chi connectivity index (χ0) is 12.3. The zero-order valence-corrected chi connectivity index (χ0v) is 10.4. The molecule has 0 amide bonds. The fourth-order valence-corrected chi connectivity index (χ4v) is 2.40. The van der Waals surface area contributed by atoms with Crippen LogP contribution in [0.3, 0.4) is 0 Å². The molecule has 0 aliphatic carbocycles. The summed E-state index contributed by atoms with van der Waals surface area (Å²) in [7, 11) is 0. The van der Waals surface area contributed by atoms with Crippen molar-refractivity contribution in [2.45, 2.75) is 32.4 Å². The van der Waals surface area contributed by atoms with Gasteiger partial charge in [-0.3, -0.25) is 4.68 Å². The third-order valence-electron chi connectivity index (χ3n) is 3.62. The monoisotopic (exact) mass is 238 g/mol. The summed E-state index contributed by atoms with van der Waals surface area (Å²) in [4.78, 5) is 2.43. The number of aliphatic hydroxyl groups excluding tert-OH is 1. The minimum absolute atomic E-state index is 0.164. The lowest BCUT2D eigenvalue weighted by Gasteiger charge is -2.33. The van der Waals surface area contributed by atoms with Gasteiger partial charge in [0.05, 0.1) is 12.6 Å². The van der Waals surface area contributed by atoms with Gasteiger partial charge in [-0.1, -0.05) is 0 Å². The molecule has 1 aliphatic heterocycles. The number of nitrogens with two attached hydrogens (primary N) is 1. The van der Waals surface area contributed by atoms with E-state index >= 15 is 0 Å². The van der Waals surface area contributed by atoms with E-state index in [1.807, 2.05) is 23.9 Å². The molecule has 2 rings (SSSR count). The van der Waals surface area contributed by atoms with Crippen molar-refractivity contribution in [1.82, 2.24) is 14.7 Å². The van der Waals surface area contributed by atoms with Crippen LogP contribution in [0.15, 0.2) is 12.3 Å². The third kappa shape index (κ3) is 3.44. The van der Waals surface area contributed by atoms with E-state index in [9.17, 15) is 5.11 Å². The average molecular weight is 238 g/mol. The zero-order valence-electron chi connectivity index (χ0n) is 10.4. The Morgan fingerprint density at radius 1 is 1.47 bits per heavy atom. The molecule has 1 aromatic rings. The molecule has 1 aliphatic rings. The SMILES string of the molecule is CC(O)C1CCN(CCn2ccc(N)n2)CC1. The lowest BCUT2D eigenvalue weighted by Crippen LogP contribution is -2.38. The molecular formula is C12H22N4O. The van der Waals surface area contributed by atoms with Gasteiger partial charge >= 0.3 is 0 Å². The molecule has 17 heavy (non-hydrogen) atoms. The fraction of sp³-hybridized carbons (Fsp3) is 0.750. The van der Waals surface area contributed by atoms with Crippen molar-refractivity contribution in [2.24, 2.45) is 5.92 Å². The van der Waals surface area contributed by atoms with Crippen LogP contribution in [0.1, 0.15) is 19.8 Å². The first-order valence-corrected chi connectivity index (χ1v) is 6.34. The van der Waals surface area contributed by atoms with Crippen molar-refractivity contribution in [3.8, 4) is 0 Å². The smallest absolute Gasteiger partial charge is 0.145 e. The lowest BCUT2D eigenvalue weighted by atomic mass is 9.92. The van der Waals surface area contributed by atoms with Crippen LogP contribution in [0.2, 0.25) is 0 Å². The minimum atomic E-state index is -0.164. The highest BCUT2D eigenvalue weighted by Gasteiger charge is 2.22. The maximum absolute atomic E-state index is 9.53. The number of anilines is 1. The van der Waals surface area contributed by atoms with Crippen molar-refractivity contribution < 1.29 is 5.11 Å². The van der Waals surface area contributed by atoms with Crippen LogP contribution >= 0.6 is 0 Å². The number of rotatable bonds is 4. The third-order valence-corrected chi connectivity index (χ3v) is 3.62. The highest BCUT2D eigenvalue weighted by molar-refractivity contribution is 5.23. The Morgan fingerprint density at radius 3 is 2.71 bits per heavy atom. The summed E-state index contributed by atoms with van der Waals surface area (Å²) in [6.07, 6.45) is 3.94. The van der Waals surface area contributed by atoms with E-state index < -0.39 is 0 Å². The van der Waals surface area contributed by atoms with Gasteiger partial charge in [0.15, 0.2) is 0 Å².